The number of furan rings is 1. The molecule has 0 aliphatic carbocycles. The van der Waals surface area contributed by atoms with Crippen molar-refractivity contribution in [3.05, 3.63) is 23.2 Å². The van der Waals surface area contributed by atoms with E-state index in [9.17, 15) is 0 Å². The highest BCUT2D eigenvalue weighted by Gasteiger charge is 2.17. The largest absolute Gasteiger partial charge is 0.461 e. The molecule has 23 heavy (non-hydrogen) atoms. The second-order valence-electron chi connectivity index (χ2n) is 6.79. The van der Waals surface area contributed by atoms with Crippen LogP contribution in [0, 0.1) is 16.6 Å². The van der Waals surface area contributed by atoms with Gasteiger partial charge in [-0.25, -0.2) is 4.68 Å². The Morgan fingerprint density at radius 3 is 2.35 bits per heavy atom. The summed E-state index contributed by atoms with van der Waals surface area (Å²) in [5.41, 5.74) is 0. The molecule has 0 saturated heterocycles. The Morgan fingerprint density at radius 1 is 1.22 bits per heavy atom. The SMILES string of the molecule is CCn1c(-c2ccco2)nn(CN(CC(C)C)CC(C)C)c1=S. The third kappa shape index (κ3) is 4.54. The molecule has 0 fully saturated rings. The van der Waals surface area contributed by atoms with Crippen molar-refractivity contribution in [2.45, 2.75) is 47.8 Å². The molecule has 2 heterocycles. The van der Waals surface area contributed by atoms with Gasteiger partial charge in [0.25, 0.3) is 0 Å². The van der Waals surface area contributed by atoms with E-state index >= 15 is 0 Å². The zero-order valence-electron chi connectivity index (χ0n) is 14.8. The van der Waals surface area contributed by atoms with E-state index < -0.39 is 0 Å². The fourth-order valence-electron chi connectivity index (χ4n) is 2.82. The van der Waals surface area contributed by atoms with Gasteiger partial charge in [0.2, 0.25) is 0 Å². The Labute approximate surface area is 143 Å². The lowest BCUT2D eigenvalue weighted by molar-refractivity contribution is 0.164. The molecule has 0 N–H and O–H groups in total. The van der Waals surface area contributed by atoms with E-state index in [-0.39, 0.29) is 0 Å². The van der Waals surface area contributed by atoms with Gasteiger partial charge in [-0.15, -0.1) is 5.10 Å². The van der Waals surface area contributed by atoms with Crippen LogP contribution in [0.1, 0.15) is 34.6 Å². The van der Waals surface area contributed by atoms with Crippen molar-refractivity contribution < 1.29 is 4.42 Å². The highest BCUT2D eigenvalue weighted by atomic mass is 32.1. The molecule has 0 unspecified atom stereocenters. The van der Waals surface area contributed by atoms with Crippen LogP contribution in [0.3, 0.4) is 0 Å². The van der Waals surface area contributed by atoms with Gasteiger partial charge in [0.1, 0.15) is 0 Å². The van der Waals surface area contributed by atoms with Crippen LogP contribution in [-0.2, 0) is 13.2 Å². The van der Waals surface area contributed by atoms with Gasteiger partial charge in [-0.05, 0) is 43.1 Å². The molecule has 2 aromatic heterocycles. The molecule has 0 bridgehead atoms. The molecule has 2 aromatic rings. The number of hydrogen-bond acceptors (Lipinski definition) is 4. The summed E-state index contributed by atoms with van der Waals surface area (Å²) in [6.07, 6.45) is 1.67. The number of hydrogen-bond donors (Lipinski definition) is 0. The van der Waals surface area contributed by atoms with Crippen molar-refractivity contribution >= 4 is 12.2 Å². The molecule has 0 amide bonds. The number of nitrogens with zero attached hydrogens (tertiary/aromatic N) is 4. The second-order valence-corrected chi connectivity index (χ2v) is 7.16. The predicted molar refractivity (Wildman–Crippen MR) is 95.7 cm³/mol. The van der Waals surface area contributed by atoms with Crippen molar-refractivity contribution in [2.24, 2.45) is 11.8 Å². The minimum Gasteiger partial charge on any atom is -0.461 e. The Balaban J connectivity index is 2.29. The summed E-state index contributed by atoms with van der Waals surface area (Å²) in [5.74, 6) is 2.79. The summed E-state index contributed by atoms with van der Waals surface area (Å²) in [7, 11) is 0. The van der Waals surface area contributed by atoms with E-state index in [2.05, 4.69) is 39.5 Å². The van der Waals surface area contributed by atoms with Gasteiger partial charge in [-0.3, -0.25) is 9.47 Å². The average molecular weight is 337 g/mol. The van der Waals surface area contributed by atoms with E-state index in [1.807, 2.05) is 21.4 Å². The Bertz CT molecular complexity index is 645. The van der Waals surface area contributed by atoms with Crippen molar-refractivity contribution in [1.29, 1.82) is 0 Å². The maximum absolute atomic E-state index is 5.63. The molecule has 0 aliphatic rings. The Morgan fingerprint density at radius 2 is 1.87 bits per heavy atom. The zero-order chi connectivity index (χ0) is 17.0. The van der Waals surface area contributed by atoms with Crippen LogP contribution in [0.5, 0.6) is 0 Å². The first-order valence-corrected chi connectivity index (χ1v) is 8.77. The first-order chi connectivity index (χ1) is 10.9. The van der Waals surface area contributed by atoms with E-state index in [0.29, 0.717) is 11.8 Å². The maximum atomic E-state index is 5.63. The van der Waals surface area contributed by atoms with E-state index in [0.717, 1.165) is 42.7 Å². The molecule has 0 radical (unpaired) electrons. The van der Waals surface area contributed by atoms with Crippen LogP contribution >= 0.6 is 12.2 Å². The summed E-state index contributed by atoms with van der Waals surface area (Å²) in [6, 6.07) is 3.80. The standard InChI is InChI=1S/C17H28N4OS/c1-6-20-16(15-8-7-9-22-15)18-21(17(20)23)12-19(10-13(2)3)11-14(4)5/h7-9,13-14H,6,10-12H2,1-5H3. The molecule has 0 atom stereocenters. The summed E-state index contributed by atoms with van der Waals surface area (Å²) >= 11 is 5.63. The maximum Gasteiger partial charge on any atom is 0.199 e. The monoisotopic (exact) mass is 336 g/mol. The van der Waals surface area contributed by atoms with Gasteiger partial charge in [-0.2, -0.15) is 0 Å². The topological polar surface area (TPSA) is 39.1 Å². The molecule has 128 valence electrons. The summed E-state index contributed by atoms with van der Waals surface area (Å²) in [6.45, 7) is 14.6. The van der Waals surface area contributed by atoms with Crippen molar-refractivity contribution in [1.82, 2.24) is 19.2 Å². The molecule has 6 heteroatoms. The van der Waals surface area contributed by atoms with E-state index in [1.165, 1.54) is 0 Å². The van der Waals surface area contributed by atoms with Gasteiger partial charge in [-0.1, -0.05) is 27.7 Å². The van der Waals surface area contributed by atoms with Crippen molar-refractivity contribution in [3.8, 4) is 11.6 Å². The first-order valence-electron chi connectivity index (χ1n) is 8.36. The molecule has 5 nitrogen and oxygen atoms in total. The molecule has 0 saturated carbocycles. The summed E-state index contributed by atoms with van der Waals surface area (Å²) in [4.78, 5) is 2.42. The molecular formula is C17H28N4OS. The number of rotatable bonds is 8. The lowest BCUT2D eigenvalue weighted by Crippen LogP contribution is -2.33. The Kier molecular flexibility index (Phi) is 6.18. The minimum absolute atomic E-state index is 0.612. The van der Waals surface area contributed by atoms with Crippen LogP contribution in [-0.4, -0.2) is 32.3 Å². The van der Waals surface area contributed by atoms with Crippen molar-refractivity contribution in [2.75, 3.05) is 13.1 Å². The molecule has 2 rings (SSSR count). The van der Waals surface area contributed by atoms with E-state index in [1.54, 1.807) is 6.26 Å². The fraction of sp³-hybridized carbons (Fsp3) is 0.647. The third-order valence-corrected chi connectivity index (χ3v) is 3.99. The highest BCUT2D eigenvalue weighted by molar-refractivity contribution is 7.71. The normalized spacial score (nSPS) is 12.0. The summed E-state index contributed by atoms with van der Waals surface area (Å²) in [5, 5.41) is 4.72. The van der Waals surface area contributed by atoms with Gasteiger partial charge in [0.15, 0.2) is 16.4 Å². The van der Waals surface area contributed by atoms with Crippen molar-refractivity contribution in [3.63, 3.8) is 0 Å². The van der Waals surface area contributed by atoms with Crippen LogP contribution in [0.4, 0.5) is 0 Å². The summed E-state index contributed by atoms with van der Waals surface area (Å²) < 4.78 is 10.2. The van der Waals surface area contributed by atoms with Crippen LogP contribution in [0.25, 0.3) is 11.6 Å². The van der Waals surface area contributed by atoms with Crippen LogP contribution in [0.2, 0.25) is 0 Å². The van der Waals surface area contributed by atoms with Gasteiger partial charge >= 0.3 is 0 Å². The van der Waals surface area contributed by atoms with Gasteiger partial charge in [0.05, 0.1) is 12.9 Å². The first kappa shape index (κ1) is 17.9. The molecule has 0 spiro atoms. The van der Waals surface area contributed by atoms with Gasteiger partial charge in [0, 0.05) is 19.6 Å². The van der Waals surface area contributed by atoms with E-state index in [4.69, 9.17) is 21.7 Å². The van der Waals surface area contributed by atoms with Crippen LogP contribution < -0.4 is 0 Å². The smallest absolute Gasteiger partial charge is 0.199 e. The molecule has 0 aliphatic heterocycles. The second kappa shape index (κ2) is 7.93. The van der Waals surface area contributed by atoms with Gasteiger partial charge < -0.3 is 4.42 Å². The minimum atomic E-state index is 0.612. The third-order valence-electron chi connectivity index (χ3n) is 3.56. The quantitative estimate of drug-likeness (QED) is 0.675. The zero-order valence-corrected chi connectivity index (χ0v) is 15.6. The fourth-order valence-corrected chi connectivity index (χ4v) is 3.13. The lowest BCUT2D eigenvalue weighted by atomic mass is 10.1. The van der Waals surface area contributed by atoms with Crippen LogP contribution in [0.15, 0.2) is 22.8 Å². The Hall–Kier alpha value is -1.40. The number of aromatic nitrogens is 3. The molecular weight excluding hydrogens is 308 g/mol. The highest BCUT2D eigenvalue weighted by Crippen LogP contribution is 2.19. The lowest BCUT2D eigenvalue weighted by Gasteiger charge is -2.25. The predicted octanol–water partition coefficient (Wildman–Crippen LogP) is 4.27. The average Bonchev–Trinajstić information content (AvgIpc) is 3.06. The molecule has 0 aromatic carbocycles.